The quantitative estimate of drug-likeness (QED) is 0.560. The summed E-state index contributed by atoms with van der Waals surface area (Å²) in [6, 6.07) is 1.89. The number of hydrogen-bond donors (Lipinski definition) is 3. The van der Waals surface area contributed by atoms with Gasteiger partial charge >= 0.3 is 0 Å². The minimum Gasteiger partial charge on any atom is -0.396 e. The first-order valence-electron chi connectivity index (χ1n) is 6.84. The van der Waals surface area contributed by atoms with Crippen molar-refractivity contribution in [2.75, 3.05) is 36.9 Å². The van der Waals surface area contributed by atoms with E-state index in [2.05, 4.69) is 20.6 Å². The zero-order valence-corrected chi connectivity index (χ0v) is 11.8. The van der Waals surface area contributed by atoms with Gasteiger partial charge in [-0.2, -0.15) is 0 Å². The number of nitrogens with zero attached hydrogens (tertiary/aromatic N) is 2. The van der Waals surface area contributed by atoms with E-state index in [9.17, 15) is 0 Å². The second kappa shape index (κ2) is 9.52. The highest BCUT2D eigenvalue weighted by Crippen LogP contribution is 2.12. The molecule has 0 saturated heterocycles. The van der Waals surface area contributed by atoms with E-state index < -0.39 is 0 Å². The third kappa shape index (κ3) is 6.35. The summed E-state index contributed by atoms with van der Waals surface area (Å²) in [4.78, 5) is 8.78. The van der Waals surface area contributed by atoms with Crippen molar-refractivity contribution in [3.63, 3.8) is 0 Å². The minimum atomic E-state index is 0.226. The van der Waals surface area contributed by atoms with Crippen LogP contribution in [0.15, 0.2) is 6.07 Å². The molecule has 1 aromatic rings. The first-order chi connectivity index (χ1) is 9.30. The second-order valence-electron chi connectivity index (χ2n) is 4.08. The molecule has 0 atom stereocenters. The Hall–Kier alpha value is -1.40. The number of anilines is 2. The average Bonchev–Trinajstić information content (AvgIpc) is 2.42. The fourth-order valence-electron chi connectivity index (χ4n) is 1.57. The molecule has 6 nitrogen and oxygen atoms in total. The lowest BCUT2D eigenvalue weighted by Crippen LogP contribution is -2.10. The van der Waals surface area contributed by atoms with Crippen molar-refractivity contribution >= 4 is 11.6 Å². The molecule has 0 aliphatic heterocycles. The summed E-state index contributed by atoms with van der Waals surface area (Å²) in [6.07, 6.45) is 1.71. The maximum Gasteiger partial charge on any atom is 0.158 e. The van der Waals surface area contributed by atoms with Crippen molar-refractivity contribution < 1.29 is 9.84 Å². The molecule has 0 radical (unpaired) electrons. The van der Waals surface area contributed by atoms with Crippen LogP contribution in [0.4, 0.5) is 11.6 Å². The molecule has 0 aliphatic carbocycles. The fourth-order valence-corrected chi connectivity index (χ4v) is 1.57. The van der Waals surface area contributed by atoms with Crippen LogP contribution in [0.1, 0.15) is 32.5 Å². The third-order valence-corrected chi connectivity index (χ3v) is 2.46. The zero-order chi connectivity index (χ0) is 13.9. The molecule has 108 valence electrons. The molecule has 1 aromatic heterocycles. The van der Waals surface area contributed by atoms with Gasteiger partial charge in [-0.1, -0.05) is 0 Å². The van der Waals surface area contributed by atoms with E-state index >= 15 is 0 Å². The van der Waals surface area contributed by atoms with Gasteiger partial charge in [-0.05, 0) is 26.7 Å². The smallest absolute Gasteiger partial charge is 0.158 e. The SMILES string of the molecule is CCNc1cc(NCCCCO)nc(COCC)n1. The van der Waals surface area contributed by atoms with E-state index in [4.69, 9.17) is 9.84 Å². The summed E-state index contributed by atoms with van der Waals surface area (Å²) in [6.45, 7) is 6.87. The summed E-state index contributed by atoms with van der Waals surface area (Å²) in [5.74, 6) is 2.26. The molecule has 1 rings (SSSR count). The van der Waals surface area contributed by atoms with Gasteiger partial charge in [-0.3, -0.25) is 0 Å². The van der Waals surface area contributed by atoms with Gasteiger partial charge in [0.25, 0.3) is 0 Å². The molecule has 0 saturated carbocycles. The van der Waals surface area contributed by atoms with Crippen LogP contribution in [0.3, 0.4) is 0 Å². The highest BCUT2D eigenvalue weighted by molar-refractivity contribution is 5.47. The Kier molecular flexibility index (Phi) is 7.84. The molecular weight excluding hydrogens is 244 g/mol. The number of rotatable bonds is 10. The van der Waals surface area contributed by atoms with Crippen molar-refractivity contribution in [2.45, 2.75) is 33.3 Å². The first kappa shape index (κ1) is 15.7. The highest BCUT2D eigenvalue weighted by Gasteiger charge is 2.04. The van der Waals surface area contributed by atoms with Crippen LogP contribution in [-0.2, 0) is 11.3 Å². The lowest BCUT2D eigenvalue weighted by molar-refractivity contribution is 0.128. The van der Waals surface area contributed by atoms with Crippen molar-refractivity contribution in [1.82, 2.24) is 9.97 Å². The molecule has 0 unspecified atom stereocenters. The van der Waals surface area contributed by atoms with Gasteiger partial charge in [0.05, 0.1) is 0 Å². The van der Waals surface area contributed by atoms with Gasteiger partial charge in [-0.15, -0.1) is 0 Å². The van der Waals surface area contributed by atoms with Crippen molar-refractivity contribution in [3.8, 4) is 0 Å². The van der Waals surface area contributed by atoms with Crippen LogP contribution >= 0.6 is 0 Å². The lowest BCUT2D eigenvalue weighted by Gasteiger charge is -2.10. The Bertz CT molecular complexity index is 360. The summed E-state index contributed by atoms with van der Waals surface area (Å²) < 4.78 is 5.34. The van der Waals surface area contributed by atoms with E-state index in [1.165, 1.54) is 0 Å². The van der Waals surface area contributed by atoms with E-state index in [1.807, 2.05) is 19.9 Å². The summed E-state index contributed by atoms with van der Waals surface area (Å²) in [7, 11) is 0. The topological polar surface area (TPSA) is 79.3 Å². The maximum atomic E-state index is 8.74. The Labute approximate surface area is 114 Å². The van der Waals surface area contributed by atoms with E-state index in [0.29, 0.717) is 19.0 Å². The van der Waals surface area contributed by atoms with Gasteiger partial charge in [-0.25, -0.2) is 9.97 Å². The molecule has 3 N–H and O–H groups in total. The largest absolute Gasteiger partial charge is 0.396 e. The summed E-state index contributed by atoms with van der Waals surface area (Å²) in [5.41, 5.74) is 0. The number of unbranched alkanes of at least 4 members (excludes halogenated alkanes) is 1. The summed E-state index contributed by atoms with van der Waals surface area (Å²) >= 11 is 0. The number of aliphatic hydroxyl groups is 1. The van der Waals surface area contributed by atoms with Crippen molar-refractivity contribution in [3.05, 3.63) is 11.9 Å². The van der Waals surface area contributed by atoms with Gasteiger partial charge < -0.3 is 20.5 Å². The molecule has 6 heteroatoms. The Morgan fingerprint density at radius 2 is 1.89 bits per heavy atom. The number of aromatic nitrogens is 2. The number of aliphatic hydroxyl groups excluding tert-OH is 1. The van der Waals surface area contributed by atoms with Crippen LogP contribution in [0.2, 0.25) is 0 Å². The molecule has 0 amide bonds. The average molecular weight is 268 g/mol. The molecule has 0 spiro atoms. The lowest BCUT2D eigenvalue weighted by atomic mass is 10.3. The van der Waals surface area contributed by atoms with Crippen LogP contribution in [-0.4, -0.2) is 41.4 Å². The Balaban J connectivity index is 2.63. The van der Waals surface area contributed by atoms with Crippen molar-refractivity contribution in [2.24, 2.45) is 0 Å². The first-order valence-corrected chi connectivity index (χ1v) is 6.84. The predicted octanol–water partition coefficient (Wildman–Crippen LogP) is 1.63. The summed E-state index contributed by atoms with van der Waals surface area (Å²) in [5, 5.41) is 15.2. The van der Waals surface area contributed by atoms with Gasteiger partial charge in [0.1, 0.15) is 18.2 Å². The minimum absolute atomic E-state index is 0.226. The molecule has 19 heavy (non-hydrogen) atoms. The van der Waals surface area contributed by atoms with Crippen LogP contribution in [0.25, 0.3) is 0 Å². The van der Waals surface area contributed by atoms with E-state index in [0.717, 1.165) is 37.6 Å². The van der Waals surface area contributed by atoms with E-state index in [-0.39, 0.29) is 6.61 Å². The highest BCUT2D eigenvalue weighted by atomic mass is 16.5. The van der Waals surface area contributed by atoms with Crippen LogP contribution in [0.5, 0.6) is 0 Å². The van der Waals surface area contributed by atoms with Crippen LogP contribution in [0, 0.1) is 0 Å². The Morgan fingerprint density at radius 1 is 1.16 bits per heavy atom. The number of nitrogens with one attached hydrogen (secondary N) is 2. The normalized spacial score (nSPS) is 10.5. The standard InChI is InChI=1S/C13H24N4O2/c1-3-14-11-9-12(15-7-5-6-8-18)17-13(16-11)10-19-4-2/h9,18H,3-8,10H2,1-2H3,(H2,14,15,16,17). The van der Waals surface area contributed by atoms with Crippen LogP contribution < -0.4 is 10.6 Å². The molecule has 0 aromatic carbocycles. The number of ether oxygens (including phenoxy) is 1. The van der Waals surface area contributed by atoms with Crippen molar-refractivity contribution in [1.29, 1.82) is 0 Å². The molecule has 0 bridgehead atoms. The monoisotopic (exact) mass is 268 g/mol. The zero-order valence-electron chi connectivity index (χ0n) is 11.8. The fraction of sp³-hybridized carbons (Fsp3) is 0.692. The van der Waals surface area contributed by atoms with E-state index in [1.54, 1.807) is 0 Å². The third-order valence-electron chi connectivity index (χ3n) is 2.46. The van der Waals surface area contributed by atoms with Gasteiger partial charge in [0.15, 0.2) is 5.82 Å². The Morgan fingerprint density at radius 3 is 2.53 bits per heavy atom. The maximum absolute atomic E-state index is 8.74. The molecular formula is C13H24N4O2. The number of hydrogen-bond acceptors (Lipinski definition) is 6. The molecule has 0 aliphatic rings. The molecule has 0 fully saturated rings. The molecule has 1 heterocycles. The predicted molar refractivity (Wildman–Crippen MR) is 76.3 cm³/mol. The van der Waals surface area contributed by atoms with Gasteiger partial charge in [0.2, 0.25) is 0 Å². The van der Waals surface area contributed by atoms with Gasteiger partial charge in [0, 0.05) is 32.4 Å². The second-order valence-corrected chi connectivity index (χ2v) is 4.08.